The molecule has 0 bridgehead atoms. The smallest absolute Gasteiger partial charge is 0.280 e. The number of rotatable bonds is 5. The van der Waals surface area contributed by atoms with Crippen LogP contribution in [0.4, 0.5) is 5.69 Å². The SMILES string of the molecule is C[C@H](C(=O)N1CCc2ccccc2C1)[NH+](C)CC(=O)Nc1ccccc1Cl. The molecule has 5 nitrogen and oxygen atoms in total. The Bertz CT molecular complexity index is 840. The van der Waals surface area contributed by atoms with Gasteiger partial charge in [-0.05, 0) is 36.6 Å². The van der Waals surface area contributed by atoms with Gasteiger partial charge in [0, 0.05) is 13.1 Å². The third kappa shape index (κ3) is 4.67. The van der Waals surface area contributed by atoms with Gasteiger partial charge in [0.25, 0.3) is 11.8 Å². The third-order valence-electron chi connectivity index (χ3n) is 5.14. The summed E-state index contributed by atoms with van der Waals surface area (Å²) in [6, 6.07) is 15.1. The lowest BCUT2D eigenvalue weighted by atomic mass is 9.99. The monoisotopic (exact) mass is 386 g/mol. The van der Waals surface area contributed by atoms with Gasteiger partial charge in [-0.3, -0.25) is 9.59 Å². The summed E-state index contributed by atoms with van der Waals surface area (Å²) >= 11 is 6.08. The number of anilines is 1. The third-order valence-corrected chi connectivity index (χ3v) is 5.47. The number of nitrogens with one attached hydrogen (secondary N) is 2. The van der Waals surface area contributed by atoms with Crippen molar-refractivity contribution in [3.63, 3.8) is 0 Å². The second-order valence-corrected chi connectivity index (χ2v) is 7.46. The molecule has 1 unspecified atom stereocenters. The number of carbonyl (C=O) groups excluding carboxylic acids is 2. The second-order valence-electron chi connectivity index (χ2n) is 7.05. The van der Waals surface area contributed by atoms with Crippen molar-refractivity contribution in [2.45, 2.75) is 25.9 Å². The van der Waals surface area contributed by atoms with Crippen molar-refractivity contribution in [3.8, 4) is 0 Å². The van der Waals surface area contributed by atoms with E-state index in [1.165, 1.54) is 11.1 Å². The predicted octanol–water partition coefficient (Wildman–Crippen LogP) is 1.77. The summed E-state index contributed by atoms with van der Waals surface area (Å²) in [4.78, 5) is 28.0. The van der Waals surface area contributed by atoms with Crippen LogP contribution in [0.15, 0.2) is 48.5 Å². The Morgan fingerprint density at radius 2 is 1.81 bits per heavy atom. The standard InChI is InChI=1S/C21H24ClN3O2/c1-15(21(27)25-12-11-16-7-3-4-8-17(16)13-25)24(2)14-20(26)23-19-10-6-5-9-18(19)22/h3-10,15H,11-14H2,1-2H3,(H,23,26)/p+1/t15-/m1/s1. The lowest BCUT2D eigenvalue weighted by molar-refractivity contribution is -0.886. The van der Waals surface area contributed by atoms with E-state index in [1.54, 1.807) is 12.1 Å². The molecular weight excluding hydrogens is 362 g/mol. The molecule has 0 saturated carbocycles. The van der Waals surface area contributed by atoms with E-state index < -0.39 is 0 Å². The molecule has 27 heavy (non-hydrogen) atoms. The fourth-order valence-corrected chi connectivity index (χ4v) is 3.51. The fraction of sp³-hybridized carbons (Fsp3) is 0.333. The van der Waals surface area contributed by atoms with Gasteiger partial charge in [0.1, 0.15) is 0 Å². The highest BCUT2D eigenvalue weighted by atomic mass is 35.5. The quantitative estimate of drug-likeness (QED) is 0.822. The summed E-state index contributed by atoms with van der Waals surface area (Å²) in [5.74, 6) is -0.0863. The molecule has 0 aliphatic carbocycles. The largest absolute Gasteiger partial charge is 0.333 e. The Morgan fingerprint density at radius 1 is 1.15 bits per heavy atom. The van der Waals surface area contributed by atoms with Crippen LogP contribution in [0.5, 0.6) is 0 Å². The number of nitrogens with zero attached hydrogens (tertiary/aromatic N) is 1. The van der Waals surface area contributed by atoms with Crippen molar-refractivity contribution < 1.29 is 14.5 Å². The minimum atomic E-state index is -0.299. The lowest BCUT2D eigenvalue weighted by Gasteiger charge is -2.32. The zero-order valence-electron chi connectivity index (χ0n) is 15.7. The number of fused-ring (bicyclic) bond motifs is 1. The molecule has 142 valence electrons. The maximum atomic E-state index is 12.9. The number of benzene rings is 2. The van der Waals surface area contributed by atoms with Crippen LogP contribution in [0.2, 0.25) is 5.02 Å². The maximum absolute atomic E-state index is 12.9. The predicted molar refractivity (Wildman–Crippen MR) is 107 cm³/mol. The molecule has 1 aliphatic heterocycles. The fourth-order valence-electron chi connectivity index (χ4n) is 3.33. The van der Waals surface area contributed by atoms with E-state index in [4.69, 9.17) is 11.6 Å². The normalized spacial score (nSPS) is 15.6. The van der Waals surface area contributed by atoms with Crippen LogP contribution in [0.3, 0.4) is 0 Å². The van der Waals surface area contributed by atoms with Crippen molar-refractivity contribution in [2.75, 3.05) is 25.5 Å². The average molecular weight is 387 g/mol. The molecule has 0 saturated heterocycles. The van der Waals surface area contributed by atoms with E-state index in [9.17, 15) is 9.59 Å². The molecule has 2 N–H and O–H groups in total. The Labute approximate surface area is 164 Å². The molecule has 0 fully saturated rings. The van der Waals surface area contributed by atoms with E-state index in [1.807, 2.05) is 43.1 Å². The van der Waals surface area contributed by atoms with Gasteiger partial charge in [0.05, 0.1) is 17.8 Å². The van der Waals surface area contributed by atoms with Gasteiger partial charge >= 0.3 is 0 Å². The minimum absolute atomic E-state index is 0.0764. The van der Waals surface area contributed by atoms with Gasteiger partial charge < -0.3 is 15.1 Å². The molecule has 0 aromatic heterocycles. The van der Waals surface area contributed by atoms with Gasteiger partial charge in [0.15, 0.2) is 12.6 Å². The Balaban J connectivity index is 1.57. The van der Waals surface area contributed by atoms with E-state index in [-0.39, 0.29) is 24.4 Å². The molecule has 2 aromatic rings. The Hall–Kier alpha value is -2.37. The van der Waals surface area contributed by atoms with Crippen LogP contribution in [0.1, 0.15) is 18.1 Å². The van der Waals surface area contributed by atoms with Crippen LogP contribution in [-0.4, -0.2) is 42.9 Å². The number of quaternary nitrogens is 1. The van der Waals surface area contributed by atoms with Crippen molar-refractivity contribution >= 4 is 29.1 Å². The number of para-hydroxylation sites is 1. The summed E-state index contributed by atoms with van der Waals surface area (Å²) in [5, 5.41) is 3.31. The molecular formula is C21H25ClN3O2+. The van der Waals surface area contributed by atoms with E-state index in [0.29, 0.717) is 17.3 Å². The highest BCUT2D eigenvalue weighted by Gasteiger charge is 2.30. The van der Waals surface area contributed by atoms with Gasteiger partial charge in [-0.1, -0.05) is 48.0 Å². The van der Waals surface area contributed by atoms with Crippen molar-refractivity contribution in [3.05, 3.63) is 64.7 Å². The lowest BCUT2D eigenvalue weighted by Crippen LogP contribution is -3.15. The summed E-state index contributed by atoms with van der Waals surface area (Å²) in [6.07, 6.45) is 0.876. The minimum Gasteiger partial charge on any atom is -0.333 e. The summed E-state index contributed by atoms with van der Waals surface area (Å²) in [6.45, 7) is 3.43. The molecule has 1 aliphatic rings. The molecule has 0 spiro atoms. The molecule has 2 atom stereocenters. The summed E-state index contributed by atoms with van der Waals surface area (Å²) < 4.78 is 0. The Morgan fingerprint density at radius 3 is 2.56 bits per heavy atom. The van der Waals surface area contributed by atoms with Crippen molar-refractivity contribution in [1.29, 1.82) is 0 Å². The number of amides is 2. The van der Waals surface area contributed by atoms with Crippen molar-refractivity contribution in [2.24, 2.45) is 0 Å². The van der Waals surface area contributed by atoms with E-state index in [0.717, 1.165) is 17.9 Å². The molecule has 2 aromatic carbocycles. The van der Waals surface area contributed by atoms with Gasteiger partial charge in [-0.15, -0.1) is 0 Å². The first-order valence-electron chi connectivity index (χ1n) is 9.18. The molecule has 6 heteroatoms. The number of hydrogen-bond donors (Lipinski definition) is 2. The first-order valence-corrected chi connectivity index (χ1v) is 9.55. The van der Waals surface area contributed by atoms with E-state index in [2.05, 4.69) is 17.4 Å². The van der Waals surface area contributed by atoms with Crippen LogP contribution in [0, 0.1) is 0 Å². The Kier molecular flexibility index (Phi) is 6.14. The van der Waals surface area contributed by atoms with Gasteiger partial charge in [-0.2, -0.15) is 0 Å². The number of halogens is 1. The van der Waals surface area contributed by atoms with Gasteiger partial charge in [0.2, 0.25) is 0 Å². The van der Waals surface area contributed by atoms with Crippen LogP contribution < -0.4 is 10.2 Å². The highest BCUT2D eigenvalue weighted by Crippen LogP contribution is 2.20. The zero-order chi connectivity index (χ0) is 19.4. The maximum Gasteiger partial charge on any atom is 0.280 e. The topological polar surface area (TPSA) is 53.9 Å². The van der Waals surface area contributed by atoms with Crippen LogP contribution >= 0.6 is 11.6 Å². The number of hydrogen-bond acceptors (Lipinski definition) is 2. The molecule has 1 heterocycles. The van der Waals surface area contributed by atoms with Crippen molar-refractivity contribution in [1.82, 2.24) is 4.90 Å². The van der Waals surface area contributed by atoms with Crippen LogP contribution in [-0.2, 0) is 22.6 Å². The first-order chi connectivity index (χ1) is 13.0. The zero-order valence-corrected chi connectivity index (χ0v) is 16.4. The second kappa shape index (κ2) is 8.55. The number of carbonyl (C=O) groups is 2. The molecule has 2 amide bonds. The summed E-state index contributed by atoms with van der Waals surface area (Å²) in [7, 11) is 1.87. The highest BCUT2D eigenvalue weighted by molar-refractivity contribution is 6.33. The van der Waals surface area contributed by atoms with E-state index >= 15 is 0 Å². The summed E-state index contributed by atoms with van der Waals surface area (Å²) in [5.41, 5.74) is 3.11. The first kappa shape index (κ1) is 19.4. The average Bonchev–Trinajstić information content (AvgIpc) is 2.68. The van der Waals surface area contributed by atoms with Crippen LogP contribution in [0.25, 0.3) is 0 Å². The van der Waals surface area contributed by atoms with Gasteiger partial charge in [-0.25, -0.2) is 0 Å². The molecule has 0 radical (unpaired) electrons. The molecule has 3 rings (SSSR count). The number of likely N-dealkylation sites (N-methyl/N-ethyl adjacent to an activating group) is 1.